The quantitative estimate of drug-likeness (QED) is 0.339. The predicted octanol–water partition coefficient (Wildman–Crippen LogP) is 1.96. The number of allylic oxidation sites excluding steroid dienone is 1. The van der Waals surface area contributed by atoms with Gasteiger partial charge in [0.1, 0.15) is 19.2 Å². The van der Waals surface area contributed by atoms with Gasteiger partial charge in [0.25, 0.3) is 0 Å². The number of carboxylic acids is 1. The van der Waals surface area contributed by atoms with Crippen molar-refractivity contribution in [3.05, 3.63) is 36.4 Å². The van der Waals surface area contributed by atoms with Crippen molar-refractivity contribution in [1.82, 2.24) is 10.2 Å². The number of benzene rings is 1. The number of nitrogens with zero attached hydrogens (tertiary/aromatic N) is 1. The van der Waals surface area contributed by atoms with Gasteiger partial charge in [0.05, 0.1) is 13.2 Å². The first kappa shape index (κ1) is 32.0. The first-order valence-corrected chi connectivity index (χ1v) is 11.9. The molecule has 1 aliphatic heterocycles. The van der Waals surface area contributed by atoms with Gasteiger partial charge in [-0.3, -0.25) is 19.3 Å². The Kier molecular flexibility index (Phi) is 17.7. The largest absolute Gasteiger partial charge is 0.480 e. The van der Waals surface area contributed by atoms with E-state index in [9.17, 15) is 14.4 Å². The Bertz CT molecular complexity index is 781. The zero-order valence-corrected chi connectivity index (χ0v) is 21.5. The minimum absolute atomic E-state index is 0.0208. The molecule has 0 saturated carbocycles. The Labute approximate surface area is 208 Å². The van der Waals surface area contributed by atoms with Crippen LogP contribution in [0, 0.1) is 0 Å². The lowest BCUT2D eigenvalue weighted by Gasteiger charge is -2.26. The zero-order valence-electron chi connectivity index (χ0n) is 21.5. The van der Waals surface area contributed by atoms with Crippen LogP contribution in [-0.2, 0) is 23.9 Å². The van der Waals surface area contributed by atoms with Crippen LogP contribution in [0.1, 0.15) is 39.2 Å². The fourth-order valence-electron chi connectivity index (χ4n) is 2.95. The summed E-state index contributed by atoms with van der Waals surface area (Å²) in [6, 6.07) is 7.25. The summed E-state index contributed by atoms with van der Waals surface area (Å²) >= 11 is 0. The minimum atomic E-state index is -1.12. The second-order valence-electron chi connectivity index (χ2n) is 7.51. The number of ether oxygens (including phenoxy) is 2. The Hall–Kier alpha value is -2.95. The van der Waals surface area contributed by atoms with Gasteiger partial charge < -0.3 is 30.9 Å². The lowest BCUT2D eigenvalue weighted by atomic mass is 10.1. The topological polar surface area (TPSA) is 143 Å². The molecule has 0 aromatic heterocycles. The van der Waals surface area contributed by atoms with Crippen LogP contribution in [0.15, 0.2) is 30.8 Å². The highest BCUT2D eigenvalue weighted by Crippen LogP contribution is 2.20. The van der Waals surface area contributed by atoms with E-state index in [-0.39, 0.29) is 19.4 Å². The number of nitrogens with one attached hydrogen (secondary N) is 2. The summed E-state index contributed by atoms with van der Waals surface area (Å²) in [6.07, 6.45) is 0.0921. The Morgan fingerprint density at radius 1 is 1.23 bits per heavy atom. The van der Waals surface area contributed by atoms with Gasteiger partial charge in [-0.2, -0.15) is 0 Å². The molecular weight excluding hydrogens is 452 g/mol. The number of morpholine rings is 1. The molecule has 10 nitrogen and oxygen atoms in total. The van der Waals surface area contributed by atoms with Crippen molar-refractivity contribution in [2.45, 2.75) is 39.7 Å². The average Bonchev–Trinajstić information content (AvgIpc) is 2.88. The molecule has 1 aromatic rings. The van der Waals surface area contributed by atoms with Crippen LogP contribution in [0.2, 0.25) is 0 Å². The number of aliphatic carboxylic acids is 1. The van der Waals surface area contributed by atoms with Crippen LogP contribution < -0.4 is 16.4 Å². The van der Waals surface area contributed by atoms with E-state index in [4.69, 9.17) is 20.3 Å². The maximum atomic E-state index is 11.6. The first-order chi connectivity index (χ1) is 16.7. The second-order valence-corrected chi connectivity index (χ2v) is 7.51. The molecule has 2 rings (SSSR count). The molecule has 5 N–H and O–H groups in total. The number of carbonyl (C=O) groups excluding carboxylic acids is 2. The summed E-state index contributed by atoms with van der Waals surface area (Å²) in [6.45, 7) is 13.3. The summed E-state index contributed by atoms with van der Waals surface area (Å²) in [7, 11) is 1.92. The number of carboxylic acid groups (broad SMARTS) is 1. The molecule has 1 heterocycles. The van der Waals surface area contributed by atoms with E-state index in [1.165, 1.54) is 5.56 Å². The number of amides is 1. The molecule has 0 spiro atoms. The first-order valence-electron chi connectivity index (χ1n) is 11.9. The van der Waals surface area contributed by atoms with Gasteiger partial charge in [0, 0.05) is 38.8 Å². The number of nitrogens with two attached hydrogens (primary N) is 1. The van der Waals surface area contributed by atoms with Gasteiger partial charge in [0.15, 0.2) is 0 Å². The standard InChI is InChI=1S/C13H23N3O6.C10H13N.C2H6/c14-10(1-2-11(17)15-9-12(18)19)13(20)22-8-5-16-3-6-21-7-4-16;1-8(2)9-6-4-5-7-10(9)11-3;1-2/h10H,1-9,14H2,(H,15,17)(H,18,19);4-7,11H,1H2,2-3H3;1-2H3. The van der Waals surface area contributed by atoms with Gasteiger partial charge in [-0.15, -0.1) is 0 Å². The third-order valence-corrected chi connectivity index (χ3v) is 4.83. The molecule has 198 valence electrons. The summed E-state index contributed by atoms with van der Waals surface area (Å²) in [5.74, 6) is -2.14. The van der Waals surface area contributed by atoms with E-state index in [0.29, 0.717) is 19.8 Å². The van der Waals surface area contributed by atoms with Crippen molar-refractivity contribution in [2.24, 2.45) is 5.73 Å². The minimum Gasteiger partial charge on any atom is -0.480 e. The van der Waals surface area contributed by atoms with Crippen molar-refractivity contribution >= 4 is 29.1 Å². The van der Waals surface area contributed by atoms with Crippen LogP contribution >= 0.6 is 0 Å². The van der Waals surface area contributed by atoms with Gasteiger partial charge >= 0.3 is 11.9 Å². The third kappa shape index (κ3) is 14.8. The van der Waals surface area contributed by atoms with Crippen LogP contribution in [0.5, 0.6) is 0 Å². The summed E-state index contributed by atoms with van der Waals surface area (Å²) in [5, 5.41) is 13.7. The average molecular weight is 495 g/mol. The van der Waals surface area contributed by atoms with Crippen molar-refractivity contribution < 1.29 is 29.0 Å². The molecule has 1 aromatic carbocycles. The van der Waals surface area contributed by atoms with Gasteiger partial charge in [-0.05, 0) is 30.5 Å². The SMILES string of the molecule is C=C(C)c1ccccc1NC.CC.NC(CCC(=O)NCC(=O)O)C(=O)OCCN1CCOCC1. The van der Waals surface area contributed by atoms with Crippen LogP contribution in [0.3, 0.4) is 0 Å². The van der Waals surface area contributed by atoms with Gasteiger partial charge in [-0.1, -0.05) is 38.6 Å². The number of anilines is 1. The third-order valence-electron chi connectivity index (χ3n) is 4.83. The van der Waals surface area contributed by atoms with Gasteiger partial charge in [-0.25, -0.2) is 0 Å². The van der Waals surface area contributed by atoms with Gasteiger partial charge in [0.2, 0.25) is 5.91 Å². The van der Waals surface area contributed by atoms with E-state index in [1.807, 2.05) is 46.0 Å². The summed E-state index contributed by atoms with van der Waals surface area (Å²) in [5.41, 5.74) is 9.06. The number of hydrogen-bond acceptors (Lipinski definition) is 8. The molecule has 1 amide bonds. The molecule has 1 aliphatic rings. The summed E-state index contributed by atoms with van der Waals surface area (Å²) < 4.78 is 10.3. The van der Waals surface area contributed by atoms with E-state index >= 15 is 0 Å². The lowest BCUT2D eigenvalue weighted by Crippen LogP contribution is -2.40. The molecule has 10 heteroatoms. The Morgan fingerprint density at radius 2 is 1.86 bits per heavy atom. The Balaban J connectivity index is 0.000000742. The fourth-order valence-corrected chi connectivity index (χ4v) is 2.95. The van der Waals surface area contributed by atoms with Crippen molar-refractivity contribution in [2.75, 3.05) is 58.4 Å². The molecule has 1 unspecified atom stereocenters. The van der Waals surface area contributed by atoms with Crippen LogP contribution in [-0.4, -0.2) is 86.9 Å². The fraction of sp³-hybridized carbons (Fsp3) is 0.560. The van der Waals surface area contributed by atoms with Crippen molar-refractivity contribution in [3.8, 4) is 0 Å². The van der Waals surface area contributed by atoms with E-state index in [1.54, 1.807) is 0 Å². The maximum absolute atomic E-state index is 11.6. The van der Waals surface area contributed by atoms with E-state index < -0.39 is 30.4 Å². The smallest absolute Gasteiger partial charge is 0.322 e. The van der Waals surface area contributed by atoms with Crippen LogP contribution in [0.25, 0.3) is 5.57 Å². The van der Waals surface area contributed by atoms with Crippen LogP contribution in [0.4, 0.5) is 5.69 Å². The second kappa shape index (κ2) is 19.4. The molecule has 0 bridgehead atoms. The number of hydrogen-bond donors (Lipinski definition) is 4. The number of para-hydroxylation sites is 1. The van der Waals surface area contributed by atoms with E-state index in [0.717, 1.165) is 24.4 Å². The molecule has 1 atom stereocenters. The number of carbonyl (C=O) groups is 3. The molecule has 35 heavy (non-hydrogen) atoms. The highest BCUT2D eigenvalue weighted by Gasteiger charge is 2.18. The van der Waals surface area contributed by atoms with Crippen molar-refractivity contribution in [1.29, 1.82) is 0 Å². The zero-order chi connectivity index (χ0) is 26.6. The normalized spacial score (nSPS) is 13.6. The molecule has 1 fully saturated rings. The lowest BCUT2D eigenvalue weighted by molar-refractivity contribution is -0.146. The highest BCUT2D eigenvalue weighted by atomic mass is 16.5. The molecule has 0 radical (unpaired) electrons. The molecule has 1 saturated heterocycles. The van der Waals surface area contributed by atoms with Crippen molar-refractivity contribution in [3.63, 3.8) is 0 Å². The maximum Gasteiger partial charge on any atom is 0.322 e. The predicted molar refractivity (Wildman–Crippen MR) is 138 cm³/mol. The number of esters is 1. The molecule has 0 aliphatic carbocycles. The number of rotatable bonds is 11. The Morgan fingerprint density at radius 3 is 2.40 bits per heavy atom. The molecular formula is C25H42N4O6. The summed E-state index contributed by atoms with van der Waals surface area (Å²) in [4.78, 5) is 35.3. The monoisotopic (exact) mass is 494 g/mol. The highest BCUT2D eigenvalue weighted by molar-refractivity contribution is 5.82. The van der Waals surface area contributed by atoms with E-state index in [2.05, 4.69) is 28.2 Å².